The smallest absolute Gasteiger partial charge is 0.272 e. The van der Waals surface area contributed by atoms with Crippen LogP contribution in [-0.2, 0) is 11.3 Å². The molecule has 0 bridgehead atoms. The Balaban J connectivity index is 1.47. The van der Waals surface area contributed by atoms with E-state index >= 15 is 0 Å². The molecule has 3 aromatic carbocycles. The molecule has 6 heteroatoms. The molecule has 1 heterocycles. The summed E-state index contributed by atoms with van der Waals surface area (Å²) < 4.78 is 0. The number of H-pyrrole nitrogens is 1. The zero-order chi connectivity index (χ0) is 21.6. The van der Waals surface area contributed by atoms with Gasteiger partial charge in [-0.25, -0.2) is 5.10 Å². The number of carbonyl (C=O) groups is 1. The number of hydrogen-bond acceptors (Lipinski definition) is 4. The molecule has 1 aromatic heterocycles. The average Bonchev–Trinajstić information content (AvgIpc) is 2.81. The van der Waals surface area contributed by atoms with Crippen LogP contribution in [0.25, 0.3) is 22.0 Å². The minimum absolute atomic E-state index is 0.206. The lowest BCUT2D eigenvalue weighted by molar-refractivity contribution is -0.107. The fourth-order valence-electron chi connectivity index (χ4n) is 3.64. The van der Waals surface area contributed by atoms with Crippen LogP contribution in [0.1, 0.15) is 5.56 Å². The van der Waals surface area contributed by atoms with Crippen LogP contribution < -0.4 is 10.5 Å². The first-order valence-corrected chi connectivity index (χ1v) is 10.2. The van der Waals surface area contributed by atoms with Gasteiger partial charge in [0.2, 0.25) is 6.41 Å². The maximum atomic E-state index is 12.0. The lowest BCUT2D eigenvalue weighted by atomic mass is 10.0. The largest absolute Gasteiger partial charge is 0.314 e. The van der Waals surface area contributed by atoms with Crippen molar-refractivity contribution in [2.45, 2.75) is 6.54 Å². The number of nitrogens with one attached hydrogen (secondary N) is 1. The standard InChI is InChI=1S/C25H24N4O2/c1-28(17-19-7-3-2-4-8-19)15-16-29(18-30)21-13-11-20(12-14-21)24-22-9-5-6-10-23(22)25(31)27-26-24/h2-14,18H,15-17H2,1H3,(H,27,31). The molecule has 0 fully saturated rings. The number of anilines is 1. The molecular weight excluding hydrogens is 388 g/mol. The topological polar surface area (TPSA) is 69.3 Å². The van der Waals surface area contributed by atoms with Crippen molar-refractivity contribution in [2.75, 3.05) is 25.0 Å². The molecule has 0 spiro atoms. The summed E-state index contributed by atoms with van der Waals surface area (Å²) >= 11 is 0. The number of likely N-dealkylation sites (N-methyl/N-ethyl adjacent to an activating group) is 1. The van der Waals surface area contributed by atoms with E-state index in [9.17, 15) is 9.59 Å². The predicted molar refractivity (Wildman–Crippen MR) is 124 cm³/mol. The van der Waals surface area contributed by atoms with Crippen LogP contribution in [0.15, 0.2) is 83.7 Å². The van der Waals surface area contributed by atoms with Gasteiger partial charge >= 0.3 is 0 Å². The Labute approximate surface area is 180 Å². The fourth-order valence-corrected chi connectivity index (χ4v) is 3.64. The number of benzene rings is 3. The number of carbonyl (C=O) groups excluding carboxylic acids is 1. The maximum absolute atomic E-state index is 12.0. The van der Waals surface area contributed by atoms with Gasteiger partial charge in [0.05, 0.1) is 11.1 Å². The molecule has 0 atom stereocenters. The maximum Gasteiger partial charge on any atom is 0.272 e. The minimum Gasteiger partial charge on any atom is -0.314 e. The van der Waals surface area contributed by atoms with Crippen LogP contribution in [0.5, 0.6) is 0 Å². The molecule has 0 aliphatic rings. The Morgan fingerprint density at radius 2 is 1.55 bits per heavy atom. The number of amides is 1. The summed E-state index contributed by atoms with van der Waals surface area (Å²) in [5, 5.41) is 8.21. The second-order valence-corrected chi connectivity index (χ2v) is 7.52. The van der Waals surface area contributed by atoms with Gasteiger partial charge in [0.25, 0.3) is 5.56 Å². The lowest BCUT2D eigenvalue weighted by Crippen LogP contribution is -2.32. The Morgan fingerprint density at radius 1 is 0.871 bits per heavy atom. The van der Waals surface area contributed by atoms with Crippen LogP contribution >= 0.6 is 0 Å². The zero-order valence-electron chi connectivity index (χ0n) is 17.4. The Morgan fingerprint density at radius 3 is 2.26 bits per heavy atom. The summed E-state index contributed by atoms with van der Waals surface area (Å²) in [5.74, 6) is 0. The molecule has 0 aliphatic heterocycles. The van der Waals surface area contributed by atoms with Gasteiger partial charge in [-0.1, -0.05) is 60.7 Å². The highest BCUT2D eigenvalue weighted by molar-refractivity contribution is 5.93. The third kappa shape index (κ3) is 4.70. The fraction of sp³-hybridized carbons (Fsp3) is 0.160. The summed E-state index contributed by atoms with van der Waals surface area (Å²) in [6.45, 7) is 2.17. The Hall–Kier alpha value is -3.77. The number of aromatic amines is 1. The predicted octanol–water partition coefficient (Wildman–Crippen LogP) is 3.68. The molecule has 0 saturated heterocycles. The normalized spacial score (nSPS) is 11.0. The van der Waals surface area contributed by atoms with Crippen molar-refractivity contribution in [3.05, 3.63) is 94.8 Å². The molecule has 156 valence electrons. The monoisotopic (exact) mass is 412 g/mol. The van der Waals surface area contributed by atoms with Crippen LogP contribution in [0, 0.1) is 0 Å². The lowest BCUT2D eigenvalue weighted by Gasteiger charge is -2.22. The third-order valence-corrected chi connectivity index (χ3v) is 5.31. The molecule has 0 radical (unpaired) electrons. The van der Waals surface area contributed by atoms with Crippen molar-refractivity contribution in [1.29, 1.82) is 0 Å². The Kier molecular flexibility index (Phi) is 6.19. The number of rotatable bonds is 8. The first-order chi connectivity index (χ1) is 15.2. The van der Waals surface area contributed by atoms with Gasteiger partial charge in [-0.05, 0) is 30.8 Å². The molecule has 0 aliphatic carbocycles. The highest BCUT2D eigenvalue weighted by Crippen LogP contribution is 2.26. The van der Waals surface area contributed by atoms with Gasteiger partial charge in [0, 0.05) is 36.3 Å². The number of nitrogens with zero attached hydrogens (tertiary/aromatic N) is 3. The van der Waals surface area contributed by atoms with Gasteiger partial charge in [0.15, 0.2) is 0 Å². The van der Waals surface area contributed by atoms with E-state index in [1.54, 1.807) is 11.0 Å². The molecule has 0 saturated carbocycles. The number of hydrogen-bond donors (Lipinski definition) is 1. The first-order valence-electron chi connectivity index (χ1n) is 10.2. The molecule has 1 N–H and O–H groups in total. The quantitative estimate of drug-likeness (QED) is 0.448. The van der Waals surface area contributed by atoms with Crippen molar-refractivity contribution in [1.82, 2.24) is 15.1 Å². The van der Waals surface area contributed by atoms with Gasteiger partial charge in [-0.3, -0.25) is 9.59 Å². The van der Waals surface area contributed by atoms with E-state index in [0.29, 0.717) is 17.6 Å². The van der Waals surface area contributed by atoms with Gasteiger partial charge < -0.3 is 9.80 Å². The summed E-state index contributed by atoms with van der Waals surface area (Å²) in [4.78, 5) is 27.6. The minimum atomic E-state index is -0.206. The van der Waals surface area contributed by atoms with E-state index in [1.165, 1.54) is 5.56 Å². The molecular formula is C25H24N4O2. The molecule has 1 amide bonds. The van der Waals surface area contributed by atoms with E-state index in [1.807, 2.05) is 67.7 Å². The van der Waals surface area contributed by atoms with E-state index in [2.05, 4.69) is 27.2 Å². The molecule has 6 nitrogen and oxygen atoms in total. The van der Waals surface area contributed by atoms with Gasteiger partial charge in [-0.2, -0.15) is 5.10 Å². The van der Waals surface area contributed by atoms with Crippen molar-refractivity contribution >= 4 is 22.9 Å². The highest BCUT2D eigenvalue weighted by Gasteiger charge is 2.11. The van der Waals surface area contributed by atoms with Crippen LogP contribution in [-0.4, -0.2) is 41.6 Å². The van der Waals surface area contributed by atoms with E-state index in [4.69, 9.17) is 0 Å². The van der Waals surface area contributed by atoms with Crippen molar-refractivity contribution < 1.29 is 4.79 Å². The molecule has 4 rings (SSSR count). The summed E-state index contributed by atoms with van der Waals surface area (Å²) in [5.41, 5.74) is 3.45. The third-order valence-electron chi connectivity index (χ3n) is 5.31. The first kappa shape index (κ1) is 20.5. The number of fused-ring (bicyclic) bond motifs is 1. The SMILES string of the molecule is CN(CCN(C=O)c1ccc(-c2n[nH]c(=O)c3ccccc23)cc1)Cc1ccccc1. The van der Waals surface area contributed by atoms with Gasteiger partial charge in [-0.15, -0.1) is 0 Å². The summed E-state index contributed by atoms with van der Waals surface area (Å²) in [6, 6.07) is 25.3. The van der Waals surface area contributed by atoms with Crippen LogP contribution in [0.3, 0.4) is 0 Å². The molecule has 4 aromatic rings. The number of aromatic nitrogens is 2. The second-order valence-electron chi connectivity index (χ2n) is 7.52. The molecule has 0 unspecified atom stereocenters. The molecule has 31 heavy (non-hydrogen) atoms. The average molecular weight is 412 g/mol. The van der Waals surface area contributed by atoms with Crippen LogP contribution in [0.2, 0.25) is 0 Å². The summed E-state index contributed by atoms with van der Waals surface area (Å²) in [6.07, 6.45) is 0.860. The van der Waals surface area contributed by atoms with Gasteiger partial charge in [0.1, 0.15) is 0 Å². The van der Waals surface area contributed by atoms with Crippen LogP contribution in [0.4, 0.5) is 5.69 Å². The summed E-state index contributed by atoms with van der Waals surface area (Å²) in [7, 11) is 2.05. The highest BCUT2D eigenvalue weighted by atomic mass is 16.1. The zero-order valence-corrected chi connectivity index (χ0v) is 17.4. The Bertz CT molecular complexity index is 1220. The van der Waals surface area contributed by atoms with E-state index < -0.39 is 0 Å². The van der Waals surface area contributed by atoms with Crippen molar-refractivity contribution in [2.24, 2.45) is 0 Å². The van der Waals surface area contributed by atoms with Crippen molar-refractivity contribution in [3.63, 3.8) is 0 Å². The van der Waals surface area contributed by atoms with Crippen molar-refractivity contribution in [3.8, 4) is 11.3 Å². The second kappa shape index (κ2) is 9.36. The van der Waals surface area contributed by atoms with E-state index in [0.717, 1.165) is 36.1 Å². The van der Waals surface area contributed by atoms with E-state index in [-0.39, 0.29) is 5.56 Å².